The average molecular weight is 134 g/mol. The lowest BCUT2D eigenvalue weighted by molar-refractivity contribution is 0.480. The minimum atomic E-state index is -0.472. The Morgan fingerprint density at radius 1 is 1.56 bits per heavy atom. The molecule has 0 amide bonds. The van der Waals surface area contributed by atoms with Gasteiger partial charge >= 0.3 is 0 Å². The van der Waals surface area contributed by atoms with Crippen LogP contribution in [0.1, 0.15) is 20.3 Å². The summed E-state index contributed by atoms with van der Waals surface area (Å²) in [5, 5.41) is 0. The van der Waals surface area contributed by atoms with E-state index in [9.17, 15) is 8.78 Å². The molecule has 0 aliphatic heterocycles. The van der Waals surface area contributed by atoms with E-state index in [0.29, 0.717) is 0 Å². The highest BCUT2D eigenvalue weighted by Gasteiger charge is 1.98. The molecule has 0 bridgehead atoms. The van der Waals surface area contributed by atoms with Crippen molar-refractivity contribution in [3.8, 4) is 0 Å². The van der Waals surface area contributed by atoms with Crippen LogP contribution in [-0.4, -0.2) is 6.67 Å². The topological polar surface area (TPSA) is 0 Å². The molecule has 0 heterocycles. The minimum absolute atomic E-state index is 0.100. The molecule has 54 valence electrons. The average Bonchev–Trinajstić information content (AvgIpc) is 1.82. The predicted molar refractivity (Wildman–Crippen MR) is 34.6 cm³/mol. The Morgan fingerprint density at radius 3 is 2.44 bits per heavy atom. The minimum Gasteiger partial charge on any atom is -0.251 e. The fourth-order valence-electron chi connectivity index (χ4n) is 0.428. The fraction of sp³-hybridized carbons (Fsp3) is 0.714. The molecule has 0 rings (SSSR count). The van der Waals surface area contributed by atoms with Crippen molar-refractivity contribution in [1.29, 1.82) is 0 Å². The van der Waals surface area contributed by atoms with Crippen LogP contribution in [-0.2, 0) is 0 Å². The first kappa shape index (κ1) is 8.60. The summed E-state index contributed by atoms with van der Waals surface area (Å²) in [6.07, 6.45) is 1.49. The van der Waals surface area contributed by atoms with Gasteiger partial charge < -0.3 is 0 Å². The molecule has 0 spiro atoms. The van der Waals surface area contributed by atoms with Crippen molar-refractivity contribution in [2.45, 2.75) is 20.3 Å². The molecule has 2 heteroatoms. The smallest absolute Gasteiger partial charge is 0.0986 e. The normalized spacial score (nSPS) is 12.8. The highest BCUT2D eigenvalue weighted by molar-refractivity contribution is 4.93. The van der Waals surface area contributed by atoms with Gasteiger partial charge in [0.1, 0.15) is 0 Å². The molecular weight excluding hydrogens is 122 g/mol. The van der Waals surface area contributed by atoms with Gasteiger partial charge in [0.05, 0.1) is 12.5 Å². The first-order valence-electron chi connectivity index (χ1n) is 3.10. The zero-order chi connectivity index (χ0) is 7.28. The van der Waals surface area contributed by atoms with Crippen LogP contribution in [0.25, 0.3) is 0 Å². The second-order valence-electron chi connectivity index (χ2n) is 2.22. The number of halogens is 2. The molecular formula is C7H12F2. The zero-order valence-corrected chi connectivity index (χ0v) is 5.82. The van der Waals surface area contributed by atoms with Crippen LogP contribution in [0.5, 0.6) is 0 Å². The van der Waals surface area contributed by atoms with Crippen LogP contribution >= 0.6 is 0 Å². The molecule has 0 radical (unpaired) electrons. The van der Waals surface area contributed by atoms with Crippen molar-refractivity contribution in [2.75, 3.05) is 6.67 Å². The van der Waals surface area contributed by atoms with Gasteiger partial charge in [0.25, 0.3) is 0 Å². The highest BCUT2D eigenvalue weighted by Crippen LogP contribution is 2.10. The van der Waals surface area contributed by atoms with E-state index in [1.807, 2.05) is 0 Å². The molecule has 0 atom stereocenters. The van der Waals surface area contributed by atoms with Crippen LogP contribution in [0.3, 0.4) is 0 Å². The largest absolute Gasteiger partial charge is 0.251 e. The third kappa shape index (κ3) is 4.13. The number of rotatable bonds is 3. The highest BCUT2D eigenvalue weighted by atomic mass is 19.1. The lowest BCUT2D eigenvalue weighted by Crippen LogP contribution is -1.86. The first-order valence-corrected chi connectivity index (χ1v) is 3.10. The maximum atomic E-state index is 12.4. The Hall–Kier alpha value is -0.400. The second-order valence-corrected chi connectivity index (χ2v) is 2.22. The van der Waals surface area contributed by atoms with Crippen LogP contribution in [0, 0.1) is 5.92 Å². The molecule has 0 aliphatic carbocycles. The molecule has 0 fully saturated rings. The Bertz CT molecular complexity index is 95.1. The summed E-state index contributed by atoms with van der Waals surface area (Å²) in [6, 6.07) is 0. The molecule has 0 saturated heterocycles. The molecule has 0 saturated carbocycles. The summed E-state index contributed by atoms with van der Waals surface area (Å²) in [5.41, 5.74) is 0. The number of alkyl halides is 1. The summed E-state index contributed by atoms with van der Waals surface area (Å²) in [6.45, 7) is 3.01. The van der Waals surface area contributed by atoms with Gasteiger partial charge in [-0.2, -0.15) is 0 Å². The van der Waals surface area contributed by atoms with Crippen molar-refractivity contribution in [3.63, 3.8) is 0 Å². The summed E-state index contributed by atoms with van der Waals surface area (Å²) < 4.78 is 23.8. The van der Waals surface area contributed by atoms with Gasteiger partial charge in [-0.15, -0.1) is 0 Å². The molecule has 0 aromatic rings. The van der Waals surface area contributed by atoms with E-state index in [-0.39, 0.29) is 18.2 Å². The van der Waals surface area contributed by atoms with Gasteiger partial charge in [0.15, 0.2) is 0 Å². The second kappa shape index (κ2) is 4.48. The van der Waals surface area contributed by atoms with Gasteiger partial charge in [-0.1, -0.05) is 19.9 Å². The van der Waals surface area contributed by atoms with Gasteiger partial charge in [-0.3, -0.25) is 4.39 Å². The van der Waals surface area contributed by atoms with Crippen LogP contribution in [0.2, 0.25) is 0 Å². The van der Waals surface area contributed by atoms with Crippen molar-refractivity contribution in [2.24, 2.45) is 5.92 Å². The van der Waals surface area contributed by atoms with E-state index in [2.05, 4.69) is 0 Å². The molecule has 9 heavy (non-hydrogen) atoms. The van der Waals surface area contributed by atoms with E-state index in [0.717, 1.165) is 0 Å². The molecule has 0 aromatic carbocycles. The van der Waals surface area contributed by atoms with E-state index in [4.69, 9.17) is 0 Å². The lowest BCUT2D eigenvalue weighted by Gasteiger charge is -1.97. The quantitative estimate of drug-likeness (QED) is 0.556. The van der Waals surface area contributed by atoms with Crippen molar-refractivity contribution in [3.05, 3.63) is 11.9 Å². The monoisotopic (exact) mass is 134 g/mol. The predicted octanol–water partition coefficient (Wildman–Crippen LogP) is 2.86. The molecule has 0 N–H and O–H groups in total. The fourth-order valence-corrected chi connectivity index (χ4v) is 0.428. The standard InChI is InChI=1S/C7H12F2/c1-6(2)7(9)4-3-5-8/h4,6H,3,5H2,1-2H3/b7-4+. The third-order valence-electron chi connectivity index (χ3n) is 1.00. The molecule has 0 aromatic heterocycles. The molecule has 0 aliphatic rings. The lowest BCUT2D eigenvalue weighted by atomic mass is 10.2. The van der Waals surface area contributed by atoms with E-state index < -0.39 is 6.67 Å². The Labute approximate surface area is 54.6 Å². The Morgan fingerprint density at radius 2 is 2.11 bits per heavy atom. The van der Waals surface area contributed by atoms with Gasteiger partial charge in [0, 0.05) is 5.92 Å². The third-order valence-corrected chi connectivity index (χ3v) is 1.00. The summed E-state index contributed by atoms with van der Waals surface area (Å²) in [5.74, 6) is -0.316. The Kier molecular flexibility index (Phi) is 4.28. The van der Waals surface area contributed by atoms with Crippen molar-refractivity contribution < 1.29 is 8.78 Å². The van der Waals surface area contributed by atoms with Gasteiger partial charge in [0.2, 0.25) is 0 Å². The summed E-state index contributed by atoms with van der Waals surface area (Å²) in [7, 11) is 0. The van der Waals surface area contributed by atoms with E-state index in [1.54, 1.807) is 13.8 Å². The summed E-state index contributed by atoms with van der Waals surface area (Å²) in [4.78, 5) is 0. The number of hydrogen-bond acceptors (Lipinski definition) is 0. The maximum absolute atomic E-state index is 12.4. The van der Waals surface area contributed by atoms with Crippen molar-refractivity contribution >= 4 is 0 Å². The van der Waals surface area contributed by atoms with Gasteiger partial charge in [-0.05, 0) is 6.42 Å². The van der Waals surface area contributed by atoms with Gasteiger partial charge in [-0.25, -0.2) is 4.39 Å². The molecule has 0 unspecified atom stereocenters. The van der Waals surface area contributed by atoms with Crippen LogP contribution in [0.4, 0.5) is 8.78 Å². The van der Waals surface area contributed by atoms with E-state index >= 15 is 0 Å². The number of hydrogen-bond donors (Lipinski definition) is 0. The summed E-state index contributed by atoms with van der Waals surface area (Å²) >= 11 is 0. The maximum Gasteiger partial charge on any atom is 0.0986 e. The van der Waals surface area contributed by atoms with E-state index in [1.165, 1.54) is 6.08 Å². The Balaban J connectivity index is 3.55. The molecule has 0 nitrogen and oxygen atoms in total. The van der Waals surface area contributed by atoms with Crippen molar-refractivity contribution in [1.82, 2.24) is 0 Å². The zero-order valence-electron chi connectivity index (χ0n) is 5.82. The SMILES string of the molecule is CC(C)/C(F)=C\CCF. The van der Waals surface area contributed by atoms with Crippen LogP contribution < -0.4 is 0 Å². The number of allylic oxidation sites excluding steroid dienone is 2. The van der Waals surface area contributed by atoms with Crippen LogP contribution in [0.15, 0.2) is 11.9 Å². The first-order chi connectivity index (χ1) is 4.18.